The highest BCUT2D eigenvalue weighted by Crippen LogP contribution is 2.36. The summed E-state index contributed by atoms with van der Waals surface area (Å²) in [5, 5.41) is 10.0. The number of methoxy groups -OCH3 is 2. The smallest absolute Gasteiger partial charge is 0.337 e. The first kappa shape index (κ1) is 13.9. The molecule has 0 atom stereocenters. The van der Waals surface area contributed by atoms with Crippen LogP contribution in [0.4, 0.5) is 4.39 Å². The largest absolute Gasteiger partial charge is 0.507 e. The van der Waals surface area contributed by atoms with Crippen molar-refractivity contribution in [1.82, 2.24) is 0 Å². The number of carbonyl (C=O) groups is 1. The summed E-state index contributed by atoms with van der Waals surface area (Å²) in [4.78, 5) is 11.4. The van der Waals surface area contributed by atoms with Gasteiger partial charge >= 0.3 is 5.97 Å². The Balaban J connectivity index is 2.51. The van der Waals surface area contributed by atoms with Crippen molar-refractivity contribution in [1.29, 1.82) is 0 Å². The molecule has 5 heteroatoms. The Bertz CT molecular complexity index is 652. The number of hydrogen-bond donors (Lipinski definition) is 1. The van der Waals surface area contributed by atoms with Crippen LogP contribution in [0.3, 0.4) is 0 Å². The number of aromatic hydroxyl groups is 1. The molecule has 0 bridgehead atoms. The first-order valence-corrected chi connectivity index (χ1v) is 5.82. The minimum Gasteiger partial charge on any atom is -0.507 e. The van der Waals surface area contributed by atoms with Crippen LogP contribution in [-0.2, 0) is 4.74 Å². The summed E-state index contributed by atoms with van der Waals surface area (Å²) < 4.78 is 22.8. The Morgan fingerprint density at radius 2 is 1.80 bits per heavy atom. The molecule has 2 aromatic carbocycles. The minimum absolute atomic E-state index is 0.113. The number of phenols is 1. The zero-order chi connectivity index (χ0) is 14.7. The first-order valence-electron chi connectivity index (χ1n) is 5.82. The van der Waals surface area contributed by atoms with Gasteiger partial charge in [-0.3, -0.25) is 0 Å². The summed E-state index contributed by atoms with van der Waals surface area (Å²) in [6, 6.07) is 8.36. The second-order valence-corrected chi connectivity index (χ2v) is 4.07. The number of rotatable bonds is 3. The Labute approximate surface area is 115 Å². The van der Waals surface area contributed by atoms with E-state index in [0.29, 0.717) is 16.9 Å². The van der Waals surface area contributed by atoms with Gasteiger partial charge in [0.2, 0.25) is 0 Å². The molecule has 4 nitrogen and oxygen atoms in total. The third-order valence-electron chi connectivity index (χ3n) is 2.87. The summed E-state index contributed by atoms with van der Waals surface area (Å²) in [6.45, 7) is 0. The summed E-state index contributed by atoms with van der Waals surface area (Å²) >= 11 is 0. The van der Waals surface area contributed by atoms with E-state index in [1.165, 1.54) is 44.6 Å². The zero-order valence-electron chi connectivity index (χ0n) is 11.0. The number of esters is 1. The fourth-order valence-electron chi connectivity index (χ4n) is 1.89. The topological polar surface area (TPSA) is 55.8 Å². The lowest BCUT2D eigenvalue weighted by molar-refractivity contribution is 0.0600. The van der Waals surface area contributed by atoms with Crippen molar-refractivity contribution < 1.29 is 23.8 Å². The van der Waals surface area contributed by atoms with Gasteiger partial charge in [0, 0.05) is 17.2 Å². The van der Waals surface area contributed by atoms with Gasteiger partial charge in [0.25, 0.3) is 0 Å². The average molecular weight is 276 g/mol. The predicted molar refractivity (Wildman–Crippen MR) is 71.4 cm³/mol. The Hall–Kier alpha value is -2.56. The van der Waals surface area contributed by atoms with E-state index >= 15 is 0 Å². The molecular weight excluding hydrogens is 263 g/mol. The van der Waals surface area contributed by atoms with Crippen LogP contribution in [0.25, 0.3) is 11.1 Å². The average Bonchev–Trinajstić information content (AvgIpc) is 2.46. The van der Waals surface area contributed by atoms with Crippen molar-refractivity contribution in [3.8, 4) is 22.6 Å². The van der Waals surface area contributed by atoms with Crippen molar-refractivity contribution in [2.24, 2.45) is 0 Å². The standard InChI is InChI=1S/C15H13FO4/c1-19-14-8-10(16)4-6-12(14)11-5-3-9(7-13(11)17)15(18)20-2/h3-8,17H,1-2H3. The molecule has 0 unspecified atom stereocenters. The summed E-state index contributed by atoms with van der Waals surface area (Å²) in [5.74, 6) is -0.793. The maximum absolute atomic E-state index is 13.2. The van der Waals surface area contributed by atoms with E-state index in [0.717, 1.165) is 0 Å². The van der Waals surface area contributed by atoms with Gasteiger partial charge in [-0.2, -0.15) is 0 Å². The molecule has 0 aliphatic heterocycles. The third kappa shape index (κ3) is 2.56. The quantitative estimate of drug-likeness (QED) is 0.876. The molecule has 0 saturated carbocycles. The van der Waals surface area contributed by atoms with Crippen molar-refractivity contribution in [2.75, 3.05) is 14.2 Å². The number of carbonyl (C=O) groups excluding carboxylic acids is 1. The van der Waals surface area contributed by atoms with Crippen LogP contribution in [-0.4, -0.2) is 25.3 Å². The third-order valence-corrected chi connectivity index (χ3v) is 2.87. The Morgan fingerprint density at radius 3 is 2.40 bits per heavy atom. The van der Waals surface area contributed by atoms with Gasteiger partial charge in [-0.05, 0) is 30.3 Å². The van der Waals surface area contributed by atoms with E-state index in [9.17, 15) is 14.3 Å². The maximum Gasteiger partial charge on any atom is 0.337 e. The normalized spacial score (nSPS) is 10.2. The van der Waals surface area contributed by atoms with Crippen LogP contribution in [0, 0.1) is 5.82 Å². The molecule has 1 N–H and O–H groups in total. The molecule has 0 fully saturated rings. The highest BCUT2D eigenvalue weighted by molar-refractivity contribution is 5.91. The van der Waals surface area contributed by atoms with Gasteiger partial charge in [0.15, 0.2) is 0 Å². The van der Waals surface area contributed by atoms with Crippen LogP contribution in [0.5, 0.6) is 11.5 Å². The predicted octanol–water partition coefficient (Wildman–Crippen LogP) is 2.99. The molecule has 0 aromatic heterocycles. The highest BCUT2D eigenvalue weighted by atomic mass is 19.1. The molecule has 0 aliphatic rings. The van der Waals surface area contributed by atoms with E-state index in [4.69, 9.17) is 4.74 Å². The molecule has 0 aliphatic carbocycles. The number of ether oxygens (including phenoxy) is 2. The second kappa shape index (κ2) is 5.61. The van der Waals surface area contributed by atoms with E-state index in [-0.39, 0.29) is 11.3 Å². The highest BCUT2D eigenvalue weighted by Gasteiger charge is 2.14. The first-order chi connectivity index (χ1) is 9.56. The number of benzene rings is 2. The molecule has 0 amide bonds. The second-order valence-electron chi connectivity index (χ2n) is 4.07. The molecule has 0 radical (unpaired) electrons. The van der Waals surface area contributed by atoms with E-state index in [1.54, 1.807) is 6.07 Å². The lowest BCUT2D eigenvalue weighted by atomic mass is 10.0. The molecular formula is C15H13FO4. The van der Waals surface area contributed by atoms with Crippen LogP contribution >= 0.6 is 0 Å². The van der Waals surface area contributed by atoms with E-state index in [1.807, 2.05) is 0 Å². The van der Waals surface area contributed by atoms with Crippen LogP contribution < -0.4 is 4.74 Å². The molecule has 20 heavy (non-hydrogen) atoms. The summed E-state index contributed by atoms with van der Waals surface area (Å²) in [6.07, 6.45) is 0. The number of phenolic OH excluding ortho intramolecular Hbond substituents is 1. The van der Waals surface area contributed by atoms with Gasteiger partial charge in [-0.25, -0.2) is 9.18 Å². The molecule has 0 heterocycles. The fraction of sp³-hybridized carbons (Fsp3) is 0.133. The molecule has 2 rings (SSSR count). The summed E-state index contributed by atoms with van der Waals surface area (Å²) in [7, 11) is 2.68. The van der Waals surface area contributed by atoms with Gasteiger partial charge < -0.3 is 14.6 Å². The Morgan fingerprint density at radius 1 is 1.10 bits per heavy atom. The van der Waals surface area contributed by atoms with Gasteiger partial charge in [-0.1, -0.05) is 0 Å². The van der Waals surface area contributed by atoms with Crippen molar-refractivity contribution >= 4 is 5.97 Å². The Kier molecular flexibility index (Phi) is 3.89. The molecule has 0 saturated heterocycles. The SMILES string of the molecule is COC(=O)c1ccc(-c2ccc(F)cc2OC)c(O)c1. The molecule has 104 valence electrons. The summed E-state index contributed by atoms with van der Waals surface area (Å²) in [5.41, 5.74) is 1.20. The van der Waals surface area contributed by atoms with Crippen molar-refractivity contribution in [3.63, 3.8) is 0 Å². The maximum atomic E-state index is 13.2. The van der Waals surface area contributed by atoms with Crippen LogP contribution in [0.1, 0.15) is 10.4 Å². The van der Waals surface area contributed by atoms with E-state index < -0.39 is 11.8 Å². The van der Waals surface area contributed by atoms with E-state index in [2.05, 4.69) is 4.74 Å². The minimum atomic E-state index is -0.544. The monoisotopic (exact) mass is 276 g/mol. The zero-order valence-corrected chi connectivity index (χ0v) is 11.0. The lowest BCUT2D eigenvalue weighted by Crippen LogP contribution is -2.00. The molecule has 0 spiro atoms. The lowest BCUT2D eigenvalue weighted by Gasteiger charge is -2.11. The van der Waals surface area contributed by atoms with Crippen molar-refractivity contribution in [2.45, 2.75) is 0 Å². The van der Waals surface area contributed by atoms with Crippen LogP contribution in [0.2, 0.25) is 0 Å². The van der Waals surface area contributed by atoms with Gasteiger partial charge in [0.1, 0.15) is 17.3 Å². The fourth-order valence-corrected chi connectivity index (χ4v) is 1.89. The van der Waals surface area contributed by atoms with Gasteiger partial charge in [-0.15, -0.1) is 0 Å². The molecule has 2 aromatic rings. The van der Waals surface area contributed by atoms with Gasteiger partial charge in [0.05, 0.1) is 19.8 Å². The number of halogens is 1. The number of hydrogen-bond acceptors (Lipinski definition) is 4. The van der Waals surface area contributed by atoms with Crippen LogP contribution in [0.15, 0.2) is 36.4 Å². The van der Waals surface area contributed by atoms with Crippen molar-refractivity contribution in [3.05, 3.63) is 47.8 Å².